The van der Waals surface area contributed by atoms with Crippen LogP contribution in [0.15, 0.2) is 29.2 Å². The smallest absolute Gasteiger partial charge is 0.0678 e. The number of morpholine rings is 1. The molecule has 1 aromatic rings. The first-order valence-electron chi connectivity index (χ1n) is 6.89. The summed E-state index contributed by atoms with van der Waals surface area (Å²) in [5, 5.41) is 0.806. The van der Waals surface area contributed by atoms with Gasteiger partial charge in [0.05, 0.1) is 12.2 Å². The fraction of sp³-hybridized carbons (Fsp3) is 0.600. The first-order chi connectivity index (χ1) is 9.13. The SMILES string of the molecule is C[C@@H]1CN(CCCSc2ccc(Cl)cc2)C[C@@H](C)O1. The highest BCUT2D eigenvalue weighted by Crippen LogP contribution is 2.21. The van der Waals surface area contributed by atoms with Gasteiger partial charge in [0.1, 0.15) is 0 Å². The first kappa shape index (κ1) is 15.2. The van der Waals surface area contributed by atoms with Crippen molar-refractivity contribution in [2.75, 3.05) is 25.4 Å². The van der Waals surface area contributed by atoms with Crippen LogP contribution in [-0.4, -0.2) is 42.5 Å². The Morgan fingerprint density at radius 2 is 1.84 bits per heavy atom. The molecule has 106 valence electrons. The van der Waals surface area contributed by atoms with Crippen molar-refractivity contribution in [2.24, 2.45) is 0 Å². The van der Waals surface area contributed by atoms with Gasteiger partial charge in [0.2, 0.25) is 0 Å². The minimum atomic E-state index is 0.368. The van der Waals surface area contributed by atoms with Gasteiger partial charge in [-0.3, -0.25) is 4.90 Å². The zero-order valence-corrected chi connectivity index (χ0v) is 13.2. The van der Waals surface area contributed by atoms with Crippen molar-refractivity contribution in [1.29, 1.82) is 0 Å². The molecule has 2 rings (SSSR count). The highest BCUT2D eigenvalue weighted by Gasteiger charge is 2.21. The Morgan fingerprint density at radius 1 is 1.21 bits per heavy atom. The van der Waals surface area contributed by atoms with Gasteiger partial charge in [0.25, 0.3) is 0 Å². The second-order valence-corrected chi connectivity index (χ2v) is 6.78. The van der Waals surface area contributed by atoms with Crippen LogP contribution in [0.4, 0.5) is 0 Å². The lowest BCUT2D eigenvalue weighted by Crippen LogP contribution is -2.45. The Hall–Kier alpha value is -0.220. The summed E-state index contributed by atoms with van der Waals surface area (Å²) in [6, 6.07) is 8.09. The van der Waals surface area contributed by atoms with E-state index in [0.717, 1.165) is 23.9 Å². The average Bonchev–Trinajstić information content (AvgIpc) is 2.36. The van der Waals surface area contributed by atoms with E-state index in [1.165, 1.54) is 17.9 Å². The van der Waals surface area contributed by atoms with Gasteiger partial charge in [-0.05, 0) is 56.8 Å². The maximum absolute atomic E-state index is 5.87. The van der Waals surface area contributed by atoms with Gasteiger partial charge >= 0.3 is 0 Å². The summed E-state index contributed by atoms with van der Waals surface area (Å²) in [6.07, 6.45) is 1.95. The molecule has 2 atom stereocenters. The molecule has 0 unspecified atom stereocenters. The molecular weight excluding hydrogens is 278 g/mol. The Labute approximate surface area is 125 Å². The summed E-state index contributed by atoms with van der Waals surface area (Å²) < 4.78 is 5.74. The van der Waals surface area contributed by atoms with Crippen LogP contribution < -0.4 is 0 Å². The average molecular weight is 300 g/mol. The molecular formula is C15H22ClNOS. The number of benzene rings is 1. The van der Waals surface area contributed by atoms with E-state index in [2.05, 4.69) is 30.9 Å². The molecule has 0 bridgehead atoms. The van der Waals surface area contributed by atoms with Crippen molar-refractivity contribution in [1.82, 2.24) is 4.90 Å². The fourth-order valence-corrected chi connectivity index (χ4v) is 3.44. The Bertz CT molecular complexity index is 374. The lowest BCUT2D eigenvalue weighted by Gasteiger charge is -2.35. The number of ether oxygens (including phenoxy) is 1. The summed E-state index contributed by atoms with van der Waals surface area (Å²) in [6.45, 7) is 7.61. The summed E-state index contributed by atoms with van der Waals surface area (Å²) in [7, 11) is 0. The molecule has 2 nitrogen and oxygen atoms in total. The molecule has 19 heavy (non-hydrogen) atoms. The third-order valence-corrected chi connectivity index (χ3v) is 4.55. The Balaban J connectivity index is 1.65. The van der Waals surface area contributed by atoms with E-state index in [1.54, 1.807) is 0 Å². The summed E-state index contributed by atoms with van der Waals surface area (Å²) >= 11 is 7.78. The van der Waals surface area contributed by atoms with Crippen LogP contribution in [0.1, 0.15) is 20.3 Å². The van der Waals surface area contributed by atoms with Gasteiger partial charge in [0, 0.05) is 23.0 Å². The maximum atomic E-state index is 5.87. The van der Waals surface area contributed by atoms with E-state index in [9.17, 15) is 0 Å². The second-order valence-electron chi connectivity index (χ2n) is 5.17. The fourth-order valence-electron chi connectivity index (χ4n) is 2.48. The van der Waals surface area contributed by atoms with Crippen LogP contribution in [0.25, 0.3) is 0 Å². The molecule has 4 heteroatoms. The normalized spacial score (nSPS) is 24.6. The van der Waals surface area contributed by atoms with E-state index in [0.29, 0.717) is 12.2 Å². The van der Waals surface area contributed by atoms with Gasteiger partial charge < -0.3 is 4.74 Å². The molecule has 1 aromatic carbocycles. The predicted molar refractivity (Wildman–Crippen MR) is 83.2 cm³/mol. The standard InChI is InChI=1S/C15H22ClNOS/c1-12-10-17(11-13(2)18-12)8-3-9-19-15-6-4-14(16)5-7-15/h4-7,12-13H,3,8-11H2,1-2H3/t12-,13-/m1/s1. The van der Waals surface area contributed by atoms with Crippen LogP contribution in [0.3, 0.4) is 0 Å². The zero-order valence-electron chi connectivity index (χ0n) is 11.6. The highest BCUT2D eigenvalue weighted by molar-refractivity contribution is 7.99. The number of thioether (sulfide) groups is 1. The molecule has 0 N–H and O–H groups in total. The molecule has 0 radical (unpaired) electrons. The van der Waals surface area contributed by atoms with Gasteiger partial charge in [-0.1, -0.05) is 11.6 Å². The lowest BCUT2D eigenvalue weighted by molar-refractivity contribution is -0.0677. The van der Waals surface area contributed by atoms with E-state index >= 15 is 0 Å². The molecule has 0 aliphatic carbocycles. The number of hydrogen-bond donors (Lipinski definition) is 0. The topological polar surface area (TPSA) is 12.5 Å². The number of nitrogens with zero attached hydrogens (tertiary/aromatic N) is 1. The predicted octanol–water partition coefficient (Wildman–Crippen LogP) is 3.93. The third-order valence-electron chi connectivity index (χ3n) is 3.20. The monoisotopic (exact) mass is 299 g/mol. The molecule has 0 saturated carbocycles. The summed E-state index contributed by atoms with van der Waals surface area (Å²) in [5.74, 6) is 1.15. The first-order valence-corrected chi connectivity index (χ1v) is 8.26. The van der Waals surface area contributed by atoms with Gasteiger partial charge in [-0.25, -0.2) is 0 Å². The maximum Gasteiger partial charge on any atom is 0.0678 e. The molecule has 1 saturated heterocycles. The summed E-state index contributed by atoms with van der Waals surface area (Å²) in [4.78, 5) is 3.81. The highest BCUT2D eigenvalue weighted by atomic mass is 35.5. The van der Waals surface area contributed by atoms with Gasteiger partial charge in [0.15, 0.2) is 0 Å². The van der Waals surface area contributed by atoms with Crippen molar-refractivity contribution >= 4 is 23.4 Å². The third kappa shape index (κ3) is 5.35. The van der Waals surface area contributed by atoms with E-state index in [-0.39, 0.29) is 0 Å². The minimum absolute atomic E-state index is 0.368. The van der Waals surface area contributed by atoms with E-state index in [1.807, 2.05) is 23.9 Å². The van der Waals surface area contributed by atoms with E-state index < -0.39 is 0 Å². The van der Waals surface area contributed by atoms with Crippen LogP contribution in [0, 0.1) is 0 Å². The number of hydrogen-bond acceptors (Lipinski definition) is 3. The van der Waals surface area contributed by atoms with Crippen molar-refractivity contribution < 1.29 is 4.74 Å². The van der Waals surface area contributed by atoms with Crippen molar-refractivity contribution in [3.63, 3.8) is 0 Å². The molecule has 1 heterocycles. The Morgan fingerprint density at radius 3 is 2.47 bits per heavy atom. The summed E-state index contributed by atoms with van der Waals surface area (Å²) in [5.41, 5.74) is 0. The molecule has 1 aliphatic heterocycles. The molecule has 0 aromatic heterocycles. The molecule has 0 amide bonds. The Kier molecular flexibility index (Phi) is 6.02. The van der Waals surface area contributed by atoms with Crippen molar-refractivity contribution in [2.45, 2.75) is 37.4 Å². The second kappa shape index (κ2) is 7.53. The van der Waals surface area contributed by atoms with Crippen molar-refractivity contribution in [3.05, 3.63) is 29.3 Å². The number of rotatable bonds is 5. The number of halogens is 1. The lowest BCUT2D eigenvalue weighted by atomic mass is 10.2. The van der Waals surface area contributed by atoms with Crippen molar-refractivity contribution in [3.8, 4) is 0 Å². The van der Waals surface area contributed by atoms with Gasteiger partial charge in [-0.2, -0.15) is 0 Å². The van der Waals surface area contributed by atoms with E-state index in [4.69, 9.17) is 16.3 Å². The zero-order chi connectivity index (χ0) is 13.7. The van der Waals surface area contributed by atoms with Crippen LogP contribution in [-0.2, 0) is 4.74 Å². The molecule has 1 aliphatic rings. The molecule has 0 spiro atoms. The largest absolute Gasteiger partial charge is 0.373 e. The van der Waals surface area contributed by atoms with Crippen LogP contribution in [0.5, 0.6) is 0 Å². The quantitative estimate of drug-likeness (QED) is 0.604. The van der Waals surface area contributed by atoms with Crippen LogP contribution in [0.2, 0.25) is 5.02 Å². The van der Waals surface area contributed by atoms with Crippen LogP contribution >= 0.6 is 23.4 Å². The van der Waals surface area contributed by atoms with Gasteiger partial charge in [-0.15, -0.1) is 11.8 Å². The molecule has 1 fully saturated rings. The minimum Gasteiger partial charge on any atom is -0.373 e.